The van der Waals surface area contributed by atoms with Crippen molar-refractivity contribution in [2.45, 2.75) is 44.5 Å². The van der Waals surface area contributed by atoms with Gasteiger partial charge >= 0.3 is 0 Å². The number of nitrogens with zero attached hydrogens (tertiary/aromatic N) is 3. The lowest BCUT2D eigenvalue weighted by Crippen LogP contribution is -2.38. The first-order valence-electron chi connectivity index (χ1n) is 16.0. The average molecular weight is 629 g/mol. The molecule has 1 aliphatic rings. The summed E-state index contributed by atoms with van der Waals surface area (Å²) >= 11 is 0. The second-order valence-corrected chi connectivity index (χ2v) is 11.9. The zero-order chi connectivity index (χ0) is 32.4. The first-order chi connectivity index (χ1) is 23.1. The van der Waals surface area contributed by atoms with E-state index in [9.17, 15) is 9.90 Å². The van der Waals surface area contributed by atoms with Crippen LogP contribution in [0.1, 0.15) is 57.1 Å². The maximum Gasteiger partial charge on any atom is 0.253 e. The maximum absolute atomic E-state index is 12.6. The zero-order valence-corrected chi connectivity index (χ0v) is 26.5. The van der Waals surface area contributed by atoms with Crippen molar-refractivity contribution in [2.75, 3.05) is 20.1 Å². The van der Waals surface area contributed by atoms with Crippen molar-refractivity contribution in [3.8, 4) is 11.1 Å². The van der Waals surface area contributed by atoms with E-state index in [1.54, 1.807) is 24.5 Å². The third-order valence-electron chi connectivity index (χ3n) is 8.48. The number of aliphatic hydroxyl groups is 1. The molecule has 8 heteroatoms. The number of aliphatic hydroxyl groups excluding tert-OH is 1. The number of benzene rings is 3. The Morgan fingerprint density at radius 1 is 0.894 bits per heavy atom. The van der Waals surface area contributed by atoms with Gasteiger partial charge in [0.15, 0.2) is 6.29 Å². The first-order valence-corrected chi connectivity index (χ1v) is 16.0. The first kappa shape index (κ1) is 32.2. The van der Waals surface area contributed by atoms with Crippen LogP contribution in [-0.4, -0.2) is 52.1 Å². The summed E-state index contributed by atoms with van der Waals surface area (Å²) in [7, 11) is 2.12. The summed E-state index contributed by atoms with van der Waals surface area (Å²) in [6.07, 6.45) is 5.90. The highest BCUT2D eigenvalue weighted by molar-refractivity contribution is 5.93. The Labute approximate surface area is 276 Å². The van der Waals surface area contributed by atoms with Gasteiger partial charge in [0, 0.05) is 62.3 Å². The van der Waals surface area contributed by atoms with Gasteiger partial charge in [0.05, 0.1) is 24.4 Å². The molecule has 1 saturated heterocycles. The van der Waals surface area contributed by atoms with E-state index in [0.717, 1.165) is 65.0 Å². The van der Waals surface area contributed by atoms with Crippen molar-refractivity contribution in [1.29, 1.82) is 0 Å². The van der Waals surface area contributed by atoms with Crippen LogP contribution in [0.3, 0.4) is 0 Å². The summed E-state index contributed by atoms with van der Waals surface area (Å²) in [5.74, 6) is -0.160. The fraction of sp³-hybridized carbons (Fsp3) is 0.256. The molecule has 3 unspecified atom stereocenters. The van der Waals surface area contributed by atoms with Crippen molar-refractivity contribution >= 4 is 5.91 Å². The van der Waals surface area contributed by atoms with Gasteiger partial charge in [0.25, 0.3) is 5.91 Å². The van der Waals surface area contributed by atoms with Gasteiger partial charge in [-0.15, -0.1) is 0 Å². The van der Waals surface area contributed by atoms with Gasteiger partial charge < -0.3 is 24.8 Å². The summed E-state index contributed by atoms with van der Waals surface area (Å²) in [6, 6.07) is 33.8. The number of amides is 1. The molecule has 8 nitrogen and oxygen atoms in total. The molecule has 1 amide bonds. The van der Waals surface area contributed by atoms with Gasteiger partial charge in [0.1, 0.15) is 0 Å². The molecule has 0 bridgehead atoms. The summed E-state index contributed by atoms with van der Waals surface area (Å²) in [6.45, 7) is 2.03. The lowest BCUT2D eigenvalue weighted by molar-refractivity contribution is -0.252. The van der Waals surface area contributed by atoms with Crippen LogP contribution < -0.4 is 5.32 Å². The number of hydrogen-bond acceptors (Lipinski definition) is 7. The van der Waals surface area contributed by atoms with E-state index in [4.69, 9.17) is 9.47 Å². The normalized spacial score (nSPS) is 17.8. The molecule has 0 spiro atoms. The number of nitrogens with one attached hydrogen (secondary N) is 1. The van der Waals surface area contributed by atoms with Gasteiger partial charge in [-0.05, 0) is 59.1 Å². The van der Waals surface area contributed by atoms with Crippen molar-refractivity contribution < 1.29 is 19.4 Å². The number of aromatic nitrogens is 2. The van der Waals surface area contributed by atoms with E-state index in [2.05, 4.69) is 63.6 Å². The Bertz CT molecular complexity index is 1720. The Morgan fingerprint density at radius 3 is 2.43 bits per heavy atom. The lowest BCUT2D eigenvalue weighted by atomic mass is 9.97. The van der Waals surface area contributed by atoms with Crippen LogP contribution >= 0.6 is 0 Å². The van der Waals surface area contributed by atoms with Crippen molar-refractivity contribution in [3.63, 3.8) is 0 Å². The highest BCUT2D eigenvalue weighted by atomic mass is 16.7. The minimum atomic E-state index is -0.538. The van der Waals surface area contributed by atoms with Crippen molar-refractivity contribution in [2.24, 2.45) is 0 Å². The number of carbonyl (C=O) groups excluding carboxylic acids is 1. The molecule has 2 N–H and O–H groups in total. The number of hydrogen-bond donors (Lipinski definition) is 2. The minimum Gasteiger partial charge on any atom is -0.392 e. The molecule has 3 atom stereocenters. The Balaban J connectivity index is 1.16. The van der Waals surface area contributed by atoms with Crippen molar-refractivity contribution in [3.05, 3.63) is 155 Å². The average Bonchev–Trinajstić information content (AvgIpc) is 3.14. The van der Waals surface area contributed by atoms with E-state index in [0.29, 0.717) is 12.1 Å². The van der Waals surface area contributed by atoms with Crippen LogP contribution in [0.15, 0.2) is 122 Å². The summed E-state index contributed by atoms with van der Waals surface area (Å²) in [4.78, 5) is 23.4. The number of pyridine rings is 2. The van der Waals surface area contributed by atoms with E-state index in [1.807, 2.05) is 60.8 Å². The third kappa shape index (κ3) is 8.55. The molecule has 0 radical (unpaired) electrons. The molecule has 1 aliphatic heterocycles. The second kappa shape index (κ2) is 15.7. The predicted octanol–water partition coefficient (Wildman–Crippen LogP) is 6.29. The molecule has 240 valence electrons. The molecule has 0 saturated carbocycles. The second-order valence-electron chi connectivity index (χ2n) is 11.9. The fourth-order valence-electron chi connectivity index (χ4n) is 5.87. The van der Waals surface area contributed by atoms with Gasteiger partial charge in [0.2, 0.25) is 0 Å². The number of rotatable bonds is 12. The Morgan fingerprint density at radius 2 is 1.68 bits per heavy atom. The van der Waals surface area contributed by atoms with Gasteiger partial charge in [-0.3, -0.25) is 14.8 Å². The molecule has 5 aromatic rings. The minimum absolute atomic E-state index is 0.00752. The number of likely N-dealkylation sites (N-methyl/N-ethyl adjacent to an activating group) is 1. The quantitative estimate of drug-likeness (QED) is 0.168. The van der Waals surface area contributed by atoms with Crippen molar-refractivity contribution in [1.82, 2.24) is 20.2 Å². The topological polar surface area (TPSA) is 96.8 Å². The summed E-state index contributed by atoms with van der Waals surface area (Å²) in [5, 5.41) is 12.6. The van der Waals surface area contributed by atoms with Crippen LogP contribution in [0.5, 0.6) is 0 Å². The van der Waals surface area contributed by atoms with Gasteiger partial charge in [-0.1, -0.05) is 78.9 Å². The predicted molar refractivity (Wildman–Crippen MR) is 181 cm³/mol. The fourth-order valence-corrected chi connectivity index (χ4v) is 5.87. The molecule has 3 aromatic carbocycles. The van der Waals surface area contributed by atoms with E-state index >= 15 is 0 Å². The molecule has 1 fully saturated rings. The molecule has 0 aliphatic carbocycles. The smallest absolute Gasteiger partial charge is 0.253 e. The van der Waals surface area contributed by atoms with Crippen LogP contribution in [0.2, 0.25) is 0 Å². The summed E-state index contributed by atoms with van der Waals surface area (Å²) < 4.78 is 13.2. The SMILES string of the molecule is CN(CCc1ccccn1)CC1CC(c2ccc(CO)cc2)OC(c2ccc(-c3ccccc3CNC(=O)c3cccnc3)cc2)O1. The lowest BCUT2D eigenvalue weighted by Gasteiger charge is -2.38. The standard InChI is InChI=1S/C39H40N4O4/c1-43(22-19-34-9-4-5-21-41-34)26-35-23-37(30-13-11-28(27-44)12-14-30)47-39(46-35)31-17-15-29(16-18-31)36-10-3-2-7-32(36)25-42-38(45)33-8-6-20-40-24-33/h2-18,20-21,24,35,37,39,44H,19,22-23,25-27H2,1H3,(H,42,45). The number of carbonyl (C=O) groups is 1. The molecular weight excluding hydrogens is 588 g/mol. The maximum atomic E-state index is 12.6. The molecular formula is C39H40N4O4. The zero-order valence-electron chi connectivity index (χ0n) is 26.5. The van der Waals surface area contributed by atoms with E-state index < -0.39 is 6.29 Å². The summed E-state index contributed by atoms with van der Waals surface area (Å²) in [5.41, 5.74) is 7.58. The van der Waals surface area contributed by atoms with Crippen LogP contribution in [0.4, 0.5) is 0 Å². The van der Waals surface area contributed by atoms with Gasteiger partial charge in [-0.2, -0.15) is 0 Å². The van der Waals surface area contributed by atoms with E-state index in [1.165, 1.54) is 0 Å². The molecule has 6 rings (SSSR count). The highest BCUT2D eigenvalue weighted by Gasteiger charge is 2.32. The number of ether oxygens (including phenoxy) is 2. The molecule has 47 heavy (non-hydrogen) atoms. The van der Waals surface area contributed by atoms with Gasteiger partial charge in [-0.25, -0.2) is 0 Å². The third-order valence-corrected chi connectivity index (χ3v) is 8.48. The monoisotopic (exact) mass is 628 g/mol. The van der Waals surface area contributed by atoms with Crippen LogP contribution in [0, 0.1) is 0 Å². The Hall–Kier alpha value is -4.73. The van der Waals surface area contributed by atoms with Crippen LogP contribution in [0.25, 0.3) is 11.1 Å². The molecule has 2 aromatic heterocycles. The largest absolute Gasteiger partial charge is 0.392 e. The van der Waals surface area contributed by atoms with E-state index in [-0.39, 0.29) is 24.7 Å². The van der Waals surface area contributed by atoms with Crippen LogP contribution in [-0.2, 0) is 29.0 Å². The Kier molecular flexibility index (Phi) is 10.8. The highest BCUT2D eigenvalue weighted by Crippen LogP contribution is 2.38. The molecule has 3 heterocycles.